The van der Waals surface area contributed by atoms with Gasteiger partial charge in [0.05, 0.1) is 7.11 Å². The number of hydrogen-bond donors (Lipinski definition) is 0. The Morgan fingerprint density at radius 1 is 1.67 bits per heavy atom. The van der Waals surface area contributed by atoms with Crippen LogP contribution in [0.3, 0.4) is 0 Å². The van der Waals surface area contributed by atoms with Crippen LogP contribution in [0, 0.1) is 0 Å². The highest BCUT2D eigenvalue weighted by atomic mass is 16.7. The van der Waals surface area contributed by atoms with Crippen LogP contribution in [0.15, 0.2) is 16.5 Å². The van der Waals surface area contributed by atoms with Gasteiger partial charge in [-0.15, -0.1) is 0 Å². The van der Waals surface area contributed by atoms with E-state index in [-0.39, 0.29) is 17.3 Å². The molecule has 1 amide bonds. The summed E-state index contributed by atoms with van der Waals surface area (Å²) in [5.74, 6) is -0.203. The molecule has 0 unspecified atom stereocenters. The first-order chi connectivity index (χ1) is 5.65. The van der Waals surface area contributed by atoms with Crippen molar-refractivity contribution in [2.24, 2.45) is 0 Å². The Bertz CT molecular complexity index is 284. The van der Waals surface area contributed by atoms with Crippen LogP contribution in [-0.2, 0) is 4.84 Å². The predicted molar refractivity (Wildman–Crippen MR) is 43.2 cm³/mol. The molecule has 0 aliphatic heterocycles. The van der Waals surface area contributed by atoms with Gasteiger partial charge in [-0.3, -0.25) is 9.63 Å². The van der Waals surface area contributed by atoms with Crippen molar-refractivity contribution >= 4 is 19.4 Å². The fraction of sp³-hybridized carbons (Fsp3) is 0.286. The second kappa shape index (κ2) is 3.45. The quantitative estimate of drug-likeness (QED) is 0.446. The molecule has 1 aromatic heterocycles. The highest BCUT2D eigenvalue weighted by molar-refractivity contribution is 6.30. The molecule has 4 nitrogen and oxygen atoms in total. The molecule has 0 aromatic carbocycles. The number of rotatable bonds is 2. The lowest BCUT2D eigenvalue weighted by Crippen LogP contribution is -2.25. The molecule has 0 fully saturated rings. The molecule has 62 valence electrons. The van der Waals surface area contributed by atoms with Gasteiger partial charge in [0.15, 0.2) is 13.6 Å². The molecule has 0 atom stereocenters. The third kappa shape index (κ3) is 1.68. The van der Waals surface area contributed by atoms with Crippen LogP contribution in [0.25, 0.3) is 0 Å². The van der Waals surface area contributed by atoms with E-state index in [1.165, 1.54) is 26.3 Å². The molecule has 1 heterocycles. The second-order valence-corrected chi connectivity index (χ2v) is 2.19. The molecule has 0 saturated carbocycles. The van der Waals surface area contributed by atoms with Crippen LogP contribution in [0.4, 0.5) is 0 Å². The second-order valence-electron chi connectivity index (χ2n) is 2.19. The molecule has 0 N–H and O–H groups in total. The number of nitrogens with zero attached hydrogens (tertiary/aromatic N) is 1. The maximum atomic E-state index is 11.2. The molecule has 0 spiro atoms. The van der Waals surface area contributed by atoms with Gasteiger partial charge in [-0.25, -0.2) is 5.06 Å². The Balaban J connectivity index is 2.78. The van der Waals surface area contributed by atoms with E-state index in [0.717, 1.165) is 5.06 Å². The lowest BCUT2D eigenvalue weighted by molar-refractivity contribution is -0.0772. The fourth-order valence-corrected chi connectivity index (χ4v) is 0.706. The fourth-order valence-electron chi connectivity index (χ4n) is 0.706. The third-order valence-corrected chi connectivity index (χ3v) is 1.40. The first-order valence-corrected chi connectivity index (χ1v) is 3.32. The van der Waals surface area contributed by atoms with Crippen molar-refractivity contribution in [1.82, 2.24) is 5.06 Å². The zero-order valence-electron chi connectivity index (χ0n) is 6.90. The molecule has 0 aliphatic carbocycles. The monoisotopic (exact) mass is 165 g/mol. The van der Waals surface area contributed by atoms with Crippen molar-refractivity contribution in [3.05, 3.63) is 17.9 Å². The molecule has 2 radical (unpaired) electrons. The summed E-state index contributed by atoms with van der Waals surface area (Å²) in [7, 11) is 8.16. The Morgan fingerprint density at radius 2 is 2.33 bits per heavy atom. The summed E-state index contributed by atoms with van der Waals surface area (Å²) in [5, 5.41) is 1.05. The molecular formula is C7H8BNO3. The van der Waals surface area contributed by atoms with Gasteiger partial charge in [-0.05, 0) is 12.1 Å². The zero-order valence-corrected chi connectivity index (χ0v) is 6.90. The lowest BCUT2D eigenvalue weighted by atomic mass is 10.1. The standard InChI is InChI=1S/C7H8BNO3/c1-9(11-2)7(10)5-3-4-6(8)12-5/h3-4H,1-2H3. The minimum absolute atomic E-state index is 0.164. The molecule has 12 heavy (non-hydrogen) atoms. The number of amides is 1. The Labute approximate surface area is 71.5 Å². The lowest BCUT2D eigenvalue weighted by Gasteiger charge is -2.10. The van der Waals surface area contributed by atoms with Gasteiger partial charge in [0.25, 0.3) is 0 Å². The van der Waals surface area contributed by atoms with E-state index in [1.54, 1.807) is 0 Å². The van der Waals surface area contributed by atoms with Crippen LogP contribution >= 0.6 is 0 Å². The molecule has 5 heteroatoms. The van der Waals surface area contributed by atoms with Crippen LogP contribution in [0.5, 0.6) is 0 Å². The molecule has 1 aromatic rings. The predicted octanol–water partition coefficient (Wildman–Crippen LogP) is -0.293. The third-order valence-electron chi connectivity index (χ3n) is 1.40. The number of carbonyl (C=O) groups excluding carboxylic acids is 1. The van der Waals surface area contributed by atoms with Gasteiger partial charge < -0.3 is 4.42 Å². The largest absolute Gasteiger partial charge is 0.468 e. The Hall–Kier alpha value is -1.23. The normalized spacial score (nSPS) is 9.83. The summed E-state index contributed by atoms with van der Waals surface area (Å²) in [6.07, 6.45) is 0. The summed E-state index contributed by atoms with van der Waals surface area (Å²) < 4.78 is 4.87. The van der Waals surface area contributed by atoms with E-state index in [2.05, 4.69) is 4.84 Å². The molecule has 0 bridgehead atoms. The highest BCUT2D eigenvalue weighted by Gasteiger charge is 2.14. The van der Waals surface area contributed by atoms with Gasteiger partial charge >= 0.3 is 5.91 Å². The summed E-state index contributed by atoms with van der Waals surface area (Å²) in [5.41, 5.74) is 0.211. The minimum Gasteiger partial charge on any atom is -0.468 e. The average Bonchev–Trinajstić information content (AvgIpc) is 2.49. The van der Waals surface area contributed by atoms with E-state index in [9.17, 15) is 4.79 Å². The van der Waals surface area contributed by atoms with Crippen molar-refractivity contribution < 1.29 is 14.0 Å². The van der Waals surface area contributed by atoms with Crippen LogP contribution in [0.1, 0.15) is 10.6 Å². The van der Waals surface area contributed by atoms with Gasteiger partial charge in [0, 0.05) is 12.7 Å². The summed E-state index contributed by atoms with van der Waals surface area (Å²) in [6.45, 7) is 0. The summed E-state index contributed by atoms with van der Waals surface area (Å²) in [4.78, 5) is 15.9. The van der Waals surface area contributed by atoms with Crippen molar-refractivity contribution in [3.63, 3.8) is 0 Å². The van der Waals surface area contributed by atoms with Gasteiger partial charge in [0.1, 0.15) is 0 Å². The molecule has 0 aliphatic rings. The summed E-state index contributed by atoms with van der Waals surface area (Å²) in [6, 6.07) is 3.00. The number of hydrogen-bond acceptors (Lipinski definition) is 3. The van der Waals surface area contributed by atoms with Gasteiger partial charge in [-0.2, -0.15) is 0 Å². The van der Waals surface area contributed by atoms with Crippen LogP contribution in [0.2, 0.25) is 0 Å². The Kier molecular flexibility index (Phi) is 2.55. The molecule has 1 rings (SSSR count). The van der Waals surface area contributed by atoms with Crippen molar-refractivity contribution in [2.45, 2.75) is 0 Å². The minimum atomic E-state index is -0.366. The van der Waals surface area contributed by atoms with Crippen molar-refractivity contribution in [3.8, 4) is 0 Å². The van der Waals surface area contributed by atoms with Gasteiger partial charge in [0.2, 0.25) is 0 Å². The van der Waals surface area contributed by atoms with Gasteiger partial charge in [-0.1, -0.05) is 0 Å². The molecular weight excluding hydrogens is 157 g/mol. The number of hydroxylamine groups is 2. The van der Waals surface area contributed by atoms with Crippen molar-refractivity contribution in [1.29, 1.82) is 0 Å². The van der Waals surface area contributed by atoms with Crippen LogP contribution < -0.4 is 5.66 Å². The van der Waals surface area contributed by atoms with E-state index in [0.29, 0.717) is 0 Å². The maximum absolute atomic E-state index is 11.2. The van der Waals surface area contributed by atoms with E-state index < -0.39 is 0 Å². The zero-order chi connectivity index (χ0) is 9.14. The maximum Gasteiger partial charge on any atom is 0.312 e. The number of furan rings is 1. The SMILES string of the molecule is [B]c1ccc(C(=O)N(C)OC)o1. The first kappa shape index (κ1) is 8.87. The summed E-state index contributed by atoms with van der Waals surface area (Å²) >= 11 is 0. The number of carbonyl (C=O) groups is 1. The van der Waals surface area contributed by atoms with E-state index in [4.69, 9.17) is 12.3 Å². The van der Waals surface area contributed by atoms with Crippen molar-refractivity contribution in [2.75, 3.05) is 14.2 Å². The Morgan fingerprint density at radius 3 is 2.75 bits per heavy atom. The topological polar surface area (TPSA) is 42.7 Å². The highest BCUT2D eigenvalue weighted by Crippen LogP contribution is 2.01. The average molecular weight is 165 g/mol. The smallest absolute Gasteiger partial charge is 0.312 e. The van der Waals surface area contributed by atoms with E-state index in [1.807, 2.05) is 0 Å². The van der Waals surface area contributed by atoms with Crippen LogP contribution in [-0.4, -0.2) is 33.0 Å². The first-order valence-electron chi connectivity index (χ1n) is 3.32. The molecule has 0 saturated heterocycles. The van der Waals surface area contributed by atoms with E-state index >= 15 is 0 Å².